The van der Waals surface area contributed by atoms with Gasteiger partial charge in [-0.3, -0.25) is 4.99 Å². The highest BCUT2D eigenvalue weighted by molar-refractivity contribution is 5.79. The molecule has 0 aliphatic rings. The van der Waals surface area contributed by atoms with Crippen molar-refractivity contribution < 1.29 is 0 Å². The molecule has 3 nitrogen and oxygen atoms in total. The van der Waals surface area contributed by atoms with Crippen molar-refractivity contribution in [3.63, 3.8) is 0 Å². The number of guanidine groups is 1. The predicted octanol–water partition coefficient (Wildman–Crippen LogP) is 0.876. The normalized spacial score (nSPS) is 11.5. The van der Waals surface area contributed by atoms with E-state index in [2.05, 4.69) is 23.9 Å². The molecule has 0 N–H and O–H groups in total. The second kappa shape index (κ2) is 4.99. The van der Waals surface area contributed by atoms with Crippen LogP contribution in [-0.4, -0.2) is 50.5 Å². The first-order valence-corrected chi connectivity index (χ1v) is 3.98. The molecule has 0 aliphatic heterocycles. The molecule has 66 valence electrons. The fraction of sp³-hybridized carbons (Fsp3) is 0.875. The molecular formula is C8H19N3. The van der Waals surface area contributed by atoms with E-state index in [4.69, 9.17) is 0 Å². The Balaban J connectivity index is 4.04. The number of hydrogen-bond acceptors (Lipinski definition) is 1. The van der Waals surface area contributed by atoms with Crippen molar-refractivity contribution in [3.8, 4) is 0 Å². The van der Waals surface area contributed by atoms with Crippen molar-refractivity contribution >= 4 is 5.96 Å². The third-order valence-electron chi connectivity index (χ3n) is 1.50. The summed E-state index contributed by atoms with van der Waals surface area (Å²) < 4.78 is 0. The summed E-state index contributed by atoms with van der Waals surface area (Å²) in [5.41, 5.74) is 0. The minimum absolute atomic E-state index is 1.03. The Morgan fingerprint density at radius 2 is 1.82 bits per heavy atom. The van der Waals surface area contributed by atoms with Gasteiger partial charge in [-0.25, -0.2) is 0 Å². The fourth-order valence-corrected chi connectivity index (χ4v) is 1.15. The molecule has 0 fully saturated rings. The zero-order valence-electron chi connectivity index (χ0n) is 8.26. The van der Waals surface area contributed by atoms with Crippen LogP contribution in [0.15, 0.2) is 4.99 Å². The summed E-state index contributed by atoms with van der Waals surface area (Å²) in [6, 6.07) is 0. The van der Waals surface area contributed by atoms with Crippen LogP contribution in [0.4, 0.5) is 0 Å². The first-order chi connectivity index (χ1) is 5.13. The van der Waals surface area contributed by atoms with Gasteiger partial charge in [0.2, 0.25) is 0 Å². The van der Waals surface area contributed by atoms with Gasteiger partial charge in [0, 0.05) is 34.7 Å². The molecule has 0 aromatic carbocycles. The average Bonchev–Trinajstić information content (AvgIpc) is 1.88. The van der Waals surface area contributed by atoms with Crippen molar-refractivity contribution in [2.24, 2.45) is 4.99 Å². The molecule has 0 rings (SSSR count). The highest BCUT2D eigenvalue weighted by atomic mass is 15.3. The largest absolute Gasteiger partial charge is 0.349 e. The highest BCUT2D eigenvalue weighted by Crippen LogP contribution is 1.92. The monoisotopic (exact) mass is 157 g/mol. The van der Waals surface area contributed by atoms with Crippen LogP contribution in [0, 0.1) is 0 Å². The lowest BCUT2D eigenvalue weighted by atomic mass is 10.4. The van der Waals surface area contributed by atoms with Gasteiger partial charge in [0.25, 0.3) is 0 Å². The van der Waals surface area contributed by atoms with Gasteiger partial charge in [-0.15, -0.1) is 0 Å². The molecule has 0 aliphatic carbocycles. The molecule has 0 unspecified atom stereocenters. The number of rotatable bonds is 2. The summed E-state index contributed by atoms with van der Waals surface area (Å²) in [6.45, 7) is 3.23. The second-order valence-electron chi connectivity index (χ2n) is 2.84. The van der Waals surface area contributed by atoms with E-state index in [0.717, 1.165) is 18.9 Å². The van der Waals surface area contributed by atoms with E-state index in [1.54, 1.807) is 0 Å². The Morgan fingerprint density at radius 1 is 1.27 bits per heavy atom. The quantitative estimate of drug-likeness (QED) is 0.437. The van der Waals surface area contributed by atoms with Crippen molar-refractivity contribution in [3.05, 3.63) is 0 Å². The molecule has 0 amide bonds. The highest BCUT2D eigenvalue weighted by Gasteiger charge is 2.04. The molecule has 0 saturated heterocycles. The maximum Gasteiger partial charge on any atom is 0.195 e. The Hall–Kier alpha value is -0.730. The van der Waals surface area contributed by atoms with E-state index >= 15 is 0 Å². The zero-order chi connectivity index (χ0) is 8.85. The van der Waals surface area contributed by atoms with Crippen LogP contribution in [0.5, 0.6) is 0 Å². The minimum Gasteiger partial charge on any atom is -0.349 e. The van der Waals surface area contributed by atoms with Gasteiger partial charge in [0.05, 0.1) is 0 Å². The molecule has 0 heterocycles. The maximum atomic E-state index is 4.17. The van der Waals surface area contributed by atoms with E-state index in [-0.39, 0.29) is 0 Å². The lowest BCUT2D eigenvalue weighted by Gasteiger charge is -2.25. The van der Waals surface area contributed by atoms with E-state index in [1.165, 1.54) is 0 Å². The molecule has 0 saturated carbocycles. The topological polar surface area (TPSA) is 18.8 Å². The molecule has 0 spiro atoms. The summed E-state index contributed by atoms with van der Waals surface area (Å²) in [6.07, 6.45) is 1.16. The van der Waals surface area contributed by atoms with Gasteiger partial charge < -0.3 is 9.80 Å². The zero-order valence-corrected chi connectivity index (χ0v) is 8.26. The van der Waals surface area contributed by atoms with Crippen LogP contribution in [0.1, 0.15) is 13.3 Å². The van der Waals surface area contributed by atoms with Crippen molar-refractivity contribution in [2.75, 3.05) is 34.7 Å². The lowest BCUT2D eigenvalue weighted by molar-refractivity contribution is 0.422. The second-order valence-corrected chi connectivity index (χ2v) is 2.84. The number of nitrogens with zero attached hydrogens (tertiary/aromatic N) is 3. The van der Waals surface area contributed by atoms with Gasteiger partial charge in [0.15, 0.2) is 5.96 Å². The minimum atomic E-state index is 1.03. The smallest absolute Gasteiger partial charge is 0.195 e. The summed E-state index contributed by atoms with van der Waals surface area (Å²) in [5.74, 6) is 1.03. The first kappa shape index (κ1) is 10.3. The third kappa shape index (κ3) is 3.25. The molecule has 0 bridgehead atoms. The summed E-state index contributed by atoms with van der Waals surface area (Å²) in [4.78, 5) is 8.35. The fourth-order valence-electron chi connectivity index (χ4n) is 1.15. The third-order valence-corrected chi connectivity index (χ3v) is 1.50. The van der Waals surface area contributed by atoms with Crippen LogP contribution >= 0.6 is 0 Å². The molecule has 0 aromatic heterocycles. The van der Waals surface area contributed by atoms with Gasteiger partial charge >= 0.3 is 0 Å². The van der Waals surface area contributed by atoms with E-state index in [9.17, 15) is 0 Å². The van der Waals surface area contributed by atoms with Crippen molar-refractivity contribution in [1.29, 1.82) is 0 Å². The van der Waals surface area contributed by atoms with Gasteiger partial charge in [-0.1, -0.05) is 6.92 Å². The Morgan fingerprint density at radius 3 is 2.09 bits per heavy atom. The van der Waals surface area contributed by atoms with E-state index in [0.29, 0.717) is 0 Å². The van der Waals surface area contributed by atoms with Crippen LogP contribution in [0.3, 0.4) is 0 Å². The maximum absolute atomic E-state index is 4.17. The van der Waals surface area contributed by atoms with Gasteiger partial charge in [-0.2, -0.15) is 0 Å². The lowest BCUT2D eigenvalue weighted by Crippen LogP contribution is -2.38. The van der Waals surface area contributed by atoms with Crippen LogP contribution in [0.25, 0.3) is 0 Å². The Labute approximate surface area is 69.7 Å². The molecule has 0 atom stereocenters. The standard InChI is InChI=1S/C8H19N3/c1-6-7-11(5)8(9-2)10(3)4/h6-7H2,1-5H3. The van der Waals surface area contributed by atoms with E-state index < -0.39 is 0 Å². The Kier molecular flexibility index (Phi) is 4.66. The Bertz CT molecular complexity index is 129. The first-order valence-electron chi connectivity index (χ1n) is 3.98. The molecule has 0 radical (unpaired) electrons. The number of hydrogen-bond donors (Lipinski definition) is 0. The van der Waals surface area contributed by atoms with E-state index in [1.807, 2.05) is 26.0 Å². The van der Waals surface area contributed by atoms with Crippen LogP contribution in [0.2, 0.25) is 0 Å². The molecule has 3 heteroatoms. The van der Waals surface area contributed by atoms with Crippen molar-refractivity contribution in [1.82, 2.24) is 9.80 Å². The molecule has 0 aromatic rings. The SMILES string of the molecule is CCCN(C)C(=NC)N(C)C. The van der Waals surface area contributed by atoms with Gasteiger partial charge in [0.1, 0.15) is 0 Å². The summed E-state index contributed by atoms with van der Waals surface area (Å²) in [5, 5.41) is 0. The summed E-state index contributed by atoms with van der Waals surface area (Å²) >= 11 is 0. The predicted molar refractivity (Wildman–Crippen MR) is 50.0 cm³/mol. The summed E-state index contributed by atoms with van der Waals surface area (Å²) in [7, 11) is 7.90. The van der Waals surface area contributed by atoms with Crippen LogP contribution < -0.4 is 0 Å². The van der Waals surface area contributed by atoms with Crippen molar-refractivity contribution in [2.45, 2.75) is 13.3 Å². The molecular weight excluding hydrogens is 138 g/mol. The number of aliphatic imine (C=N–C) groups is 1. The van der Waals surface area contributed by atoms with Gasteiger partial charge in [-0.05, 0) is 6.42 Å². The molecule has 11 heavy (non-hydrogen) atoms. The van der Waals surface area contributed by atoms with Crippen LogP contribution in [-0.2, 0) is 0 Å². The average molecular weight is 157 g/mol.